The van der Waals surface area contributed by atoms with Crippen LogP contribution in [0, 0.1) is 0 Å². The number of amides is 1. The van der Waals surface area contributed by atoms with Gasteiger partial charge in [0.2, 0.25) is 0 Å². The number of ether oxygens (including phenoxy) is 2. The zero-order valence-electron chi connectivity index (χ0n) is 16.6. The molecule has 0 aliphatic rings. The van der Waals surface area contributed by atoms with Gasteiger partial charge in [-0.05, 0) is 56.5 Å². The number of methoxy groups -OCH3 is 1. The van der Waals surface area contributed by atoms with Crippen LogP contribution in [-0.2, 0) is 6.61 Å². The van der Waals surface area contributed by atoms with Crippen LogP contribution in [0.4, 0.5) is 0 Å². The summed E-state index contributed by atoms with van der Waals surface area (Å²) in [5.41, 5.74) is 2.31. The summed E-state index contributed by atoms with van der Waals surface area (Å²) in [5, 5.41) is 2.98. The molecule has 0 bridgehead atoms. The average molecular weight is 355 g/mol. The van der Waals surface area contributed by atoms with Crippen LogP contribution in [0.5, 0.6) is 11.5 Å². The van der Waals surface area contributed by atoms with E-state index in [4.69, 9.17) is 9.47 Å². The molecule has 2 rings (SSSR count). The van der Waals surface area contributed by atoms with Gasteiger partial charge in [0.25, 0.3) is 5.91 Å². The summed E-state index contributed by atoms with van der Waals surface area (Å²) >= 11 is 0. The zero-order chi connectivity index (χ0) is 19.3. The van der Waals surface area contributed by atoms with E-state index in [1.807, 2.05) is 51.1 Å². The molecule has 4 nitrogen and oxygen atoms in total. The van der Waals surface area contributed by atoms with Crippen molar-refractivity contribution in [1.82, 2.24) is 5.32 Å². The van der Waals surface area contributed by atoms with E-state index in [0.29, 0.717) is 23.8 Å². The topological polar surface area (TPSA) is 47.6 Å². The van der Waals surface area contributed by atoms with Crippen molar-refractivity contribution in [2.45, 2.75) is 52.7 Å². The SMILES string of the molecule is COc1ccc(C(=O)NC(C)(C)C)cc1COc1ccccc1C(C)C. The first kappa shape index (κ1) is 19.8. The van der Waals surface area contributed by atoms with Crippen LogP contribution in [0.15, 0.2) is 42.5 Å². The molecule has 0 aliphatic carbocycles. The highest BCUT2D eigenvalue weighted by Crippen LogP contribution is 2.28. The van der Waals surface area contributed by atoms with E-state index < -0.39 is 0 Å². The van der Waals surface area contributed by atoms with Gasteiger partial charge in [-0.1, -0.05) is 32.0 Å². The molecule has 0 radical (unpaired) electrons. The van der Waals surface area contributed by atoms with Crippen molar-refractivity contribution in [1.29, 1.82) is 0 Å². The van der Waals surface area contributed by atoms with Gasteiger partial charge in [-0.2, -0.15) is 0 Å². The summed E-state index contributed by atoms with van der Waals surface area (Å²) in [6.45, 7) is 10.5. The number of rotatable bonds is 6. The molecule has 1 amide bonds. The third-order valence-electron chi connectivity index (χ3n) is 3.96. The molecule has 140 valence electrons. The van der Waals surface area contributed by atoms with Gasteiger partial charge in [0.05, 0.1) is 7.11 Å². The summed E-state index contributed by atoms with van der Waals surface area (Å²) in [5.74, 6) is 1.83. The maximum absolute atomic E-state index is 12.4. The fourth-order valence-corrected chi connectivity index (χ4v) is 2.69. The minimum atomic E-state index is -0.288. The van der Waals surface area contributed by atoms with Gasteiger partial charge in [0.15, 0.2) is 0 Å². The van der Waals surface area contributed by atoms with Gasteiger partial charge < -0.3 is 14.8 Å². The minimum Gasteiger partial charge on any atom is -0.496 e. The van der Waals surface area contributed by atoms with Crippen molar-refractivity contribution in [3.63, 3.8) is 0 Å². The molecule has 2 aromatic carbocycles. The molecule has 0 heterocycles. The molecule has 0 unspecified atom stereocenters. The Balaban J connectivity index is 2.23. The van der Waals surface area contributed by atoms with Crippen molar-refractivity contribution in [3.8, 4) is 11.5 Å². The maximum Gasteiger partial charge on any atom is 0.251 e. The molecule has 0 saturated heterocycles. The largest absolute Gasteiger partial charge is 0.496 e. The van der Waals surface area contributed by atoms with Crippen LogP contribution in [0.1, 0.15) is 62.0 Å². The Labute approximate surface area is 156 Å². The highest BCUT2D eigenvalue weighted by molar-refractivity contribution is 5.95. The number of hydrogen-bond donors (Lipinski definition) is 1. The molecule has 26 heavy (non-hydrogen) atoms. The molecule has 0 fully saturated rings. The number of carbonyl (C=O) groups is 1. The lowest BCUT2D eigenvalue weighted by atomic mass is 10.0. The lowest BCUT2D eigenvalue weighted by Crippen LogP contribution is -2.40. The van der Waals surface area contributed by atoms with Crippen LogP contribution >= 0.6 is 0 Å². The van der Waals surface area contributed by atoms with Crippen LogP contribution < -0.4 is 14.8 Å². The van der Waals surface area contributed by atoms with Crippen LogP contribution in [-0.4, -0.2) is 18.6 Å². The third-order valence-corrected chi connectivity index (χ3v) is 3.96. The highest BCUT2D eigenvalue weighted by atomic mass is 16.5. The molecule has 0 aromatic heterocycles. The number of hydrogen-bond acceptors (Lipinski definition) is 3. The molecule has 0 spiro atoms. The van der Waals surface area contributed by atoms with E-state index in [-0.39, 0.29) is 11.4 Å². The van der Waals surface area contributed by atoms with E-state index in [1.54, 1.807) is 13.2 Å². The fraction of sp³-hybridized carbons (Fsp3) is 0.409. The number of nitrogens with one attached hydrogen (secondary N) is 1. The Kier molecular flexibility index (Phi) is 6.30. The van der Waals surface area contributed by atoms with Crippen molar-refractivity contribution in [3.05, 3.63) is 59.2 Å². The quantitative estimate of drug-likeness (QED) is 0.799. The van der Waals surface area contributed by atoms with E-state index in [9.17, 15) is 4.79 Å². The van der Waals surface area contributed by atoms with Gasteiger partial charge in [-0.3, -0.25) is 4.79 Å². The number of benzene rings is 2. The molecular weight excluding hydrogens is 326 g/mol. The van der Waals surface area contributed by atoms with E-state index in [2.05, 4.69) is 25.2 Å². The first-order chi connectivity index (χ1) is 12.2. The first-order valence-electron chi connectivity index (χ1n) is 8.92. The summed E-state index contributed by atoms with van der Waals surface area (Å²) in [7, 11) is 1.62. The van der Waals surface area contributed by atoms with Crippen molar-refractivity contribution in [2.24, 2.45) is 0 Å². The smallest absolute Gasteiger partial charge is 0.251 e. The monoisotopic (exact) mass is 355 g/mol. The van der Waals surface area contributed by atoms with E-state index >= 15 is 0 Å². The van der Waals surface area contributed by atoms with Crippen LogP contribution in [0.25, 0.3) is 0 Å². The summed E-state index contributed by atoms with van der Waals surface area (Å²) in [6.07, 6.45) is 0. The highest BCUT2D eigenvalue weighted by Gasteiger charge is 2.17. The lowest BCUT2D eigenvalue weighted by Gasteiger charge is -2.21. The van der Waals surface area contributed by atoms with Gasteiger partial charge in [-0.15, -0.1) is 0 Å². The molecule has 0 saturated carbocycles. The number of para-hydroxylation sites is 1. The van der Waals surface area contributed by atoms with E-state index in [0.717, 1.165) is 16.9 Å². The minimum absolute atomic E-state index is 0.107. The first-order valence-corrected chi connectivity index (χ1v) is 8.92. The molecule has 2 aromatic rings. The second kappa shape index (κ2) is 8.26. The van der Waals surface area contributed by atoms with Gasteiger partial charge in [0.1, 0.15) is 18.1 Å². The third kappa shape index (κ3) is 5.25. The predicted molar refractivity (Wildman–Crippen MR) is 105 cm³/mol. The second-order valence-electron chi connectivity index (χ2n) is 7.71. The zero-order valence-corrected chi connectivity index (χ0v) is 16.6. The standard InChI is InChI=1S/C22H29NO3/c1-15(2)18-9-7-8-10-20(18)26-14-17-13-16(11-12-19(17)25-6)21(24)23-22(3,4)5/h7-13,15H,14H2,1-6H3,(H,23,24). The van der Waals surface area contributed by atoms with Crippen molar-refractivity contribution < 1.29 is 14.3 Å². The molecule has 0 aliphatic heterocycles. The summed E-state index contributed by atoms with van der Waals surface area (Å²) < 4.78 is 11.5. The maximum atomic E-state index is 12.4. The van der Waals surface area contributed by atoms with Crippen LogP contribution in [0.2, 0.25) is 0 Å². The lowest BCUT2D eigenvalue weighted by molar-refractivity contribution is 0.0919. The summed E-state index contributed by atoms with van der Waals surface area (Å²) in [4.78, 5) is 12.4. The summed E-state index contributed by atoms with van der Waals surface area (Å²) in [6, 6.07) is 13.4. The molecule has 0 atom stereocenters. The predicted octanol–water partition coefficient (Wildman–Crippen LogP) is 4.93. The molecule has 4 heteroatoms. The van der Waals surface area contributed by atoms with Crippen LogP contribution in [0.3, 0.4) is 0 Å². The van der Waals surface area contributed by atoms with Gasteiger partial charge in [-0.25, -0.2) is 0 Å². The normalized spacial score (nSPS) is 11.3. The van der Waals surface area contributed by atoms with Crippen molar-refractivity contribution >= 4 is 5.91 Å². The molecule has 1 N–H and O–H groups in total. The Morgan fingerprint density at radius 3 is 2.38 bits per heavy atom. The molecular formula is C22H29NO3. The second-order valence-corrected chi connectivity index (χ2v) is 7.71. The number of carbonyl (C=O) groups excluding carboxylic acids is 1. The van der Waals surface area contributed by atoms with Crippen molar-refractivity contribution in [2.75, 3.05) is 7.11 Å². The Bertz CT molecular complexity index is 760. The fourth-order valence-electron chi connectivity index (χ4n) is 2.69. The Hall–Kier alpha value is -2.49. The Morgan fingerprint density at radius 1 is 1.08 bits per heavy atom. The van der Waals surface area contributed by atoms with E-state index in [1.165, 1.54) is 0 Å². The Morgan fingerprint density at radius 2 is 1.77 bits per heavy atom. The van der Waals surface area contributed by atoms with Gasteiger partial charge in [0, 0.05) is 16.7 Å². The average Bonchev–Trinajstić information content (AvgIpc) is 2.58. The van der Waals surface area contributed by atoms with Gasteiger partial charge >= 0.3 is 0 Å².